The number of esters is 2. The van der Waals surface area contributed by atoms with Crippen molar-refractivity contribution in [3.8, 4) is 0 Å². The van der Waals surface area contributed by atoms with Gasteiger partial charge in [0.15, 0.2) is 0 Å². The summed E-state index contributed by atoms with van der Waals surface area (Å²) in [4.78, 5) is 23.8. The average Bonchev–Trinajstić information content (AvgIpc) is 3.13. The predicted molar refractivity (Wildman–Crippen MR) is 228 cm³/mol. The van der Waals surface area contributed by atoms with Gasteiger partial charge in [-0.25, -0.2) is 0 Å². The number of hydrogen-bond donors (Lipinski definition) is 3. The van der Waals surface area contributed by atoms with Crippen LogP contribution in [0.25, 0.3) is 0 Å². The van der Waals surface area contributed by atoms with Crippen LogP contribution >= 0.6 is 0 Å². The Morgan fingerprint density at radius 1 is 0.547 bits per heavy atom. The average molecular weight is 752 g/mol. The van der Waals surface area contributed by atoms with Gasteiger partial charge < -0.3 is 30.2 Å². The SMILES string of the molecule is CCCC(C)CC.CCCC/C=C\CCNCCCCCC(CCCCCNCC/C=C\CCCOCCCC(=O)OC(C)C)OC(=O)CCCNC. The van der Waals surface area contributed by atoms with Crippen molar-refractivity contribution in [3.05, 3.63) is 24.3 Å². The lowest BCUT2D eigenvalue weighted by molar-refractivity contribution is -0.150. The second-order valence-corrected chi connectivity index (χ2v) is 14.9. The van der Waals surface area contributed by atoms with Gasteiger partial charge in [0.2, 0.25) is 0 Å². The van der Waals surface area contributed by atoms with Crippen LogP contribution < -0.4 is 16.0 Å². The molecule has 0 aromatic heterocycles. The summed E-state index contributed by atoms with van der Waals surface area (Å²) in [5.41, 5.74) is 0. The Morgan fingerprint density at radius 2 is 1.09 bits per heavy atom. The molecule has 2 unspecified atom stereocenters. The maximum Gasteiger partial charge on any atom is 0.306 e. The lowest BCUT2D eigenvalue weighted by Gasteiger charge is -2.18. The number of hydrogen-bond acceptors (Lipinski definition) is 8. The zero-order valence-corrected chi connectivity index (χ0v) is 36.1. The zero-order valence-electron chi connectivity index (χ0n) is 36.1. The quantitative estimate of drug-likeness (QED) is 0.0326. The van der Waals surface area contributed by atoms with Crippen molar-refractivity contribution in [2.45, 2.75) is 195 Å². The number of ether oxygens (including phenoxy) is 3. The molecule has 314 valence electrons. The summed E-state index contributed by atoms with van der Waals surface area (Å²) in [7, 11) is 1.92. The highest BCUT2D eigenvalue weighted by Crippen LogP contribution is 2.16. The van der Waals surface area contributed by atoms with Crippen LogP contribution in [0.4, 0.5) is 0 Å². The summed E-state index contributed by atoms with van der Waals surface area (Å²) >= 11 is 0. The van der Waals surface area contributed by atoms with E-state index < -0.39 is 0 Å². The second kappa shape index (κ2) is 44.7. The van der Waals surface area contributed by atoms with E-state index >= 15 is 0 Å². The molecule has 0 saturated heterocycles. The molecule has 0 fully saturated rings. The minimum absolute atomic E-state index is 0.0445. The van der Waals surface area contributed by atoms with Gasteiger partial charge in [-0.3, -0.25) is 9.59 Å². The van der Waals surface area contributed by atoms with Crippen molar-refractivity contribution >= 4 is 11.9 Å². The smallest absolute Gasteiger partial charge is 0.306 e. The van der Waals surface area contributed by atoms with Crippen molar-refractivity contribution in [1.29, 1.82) is 0 Å². The number of allylic oxidation sites excluding steroid dienone is 2. The van der Waals surface area contributed by atoms with E-state index in [0.717, 1.165) is 116 Å². The molecule has 0 radical (unpaired) electrons. The zero-order chi connectivity index (χ0) is 39.5. The maximum atomic E-state index is 12.4. The van der Waals surface area contributed by atoms with Gasteiger partial charge in [0.25, 0.3) is 0 Å². The van der Waals surface area contributed by atoms with Gasteiger partial charge in [0.1, 0.15) is 6.10 Å². The molecule has 2 atom stereocenters. The van der Waals surface area contributed by atoms with Crippen molar-refractivity contribution in [2.75, 3.05) is 53.0 Å². The summed E-state index contributed by atoms with van der Waals surface area (Å²) in [6, 6.07) is 0. The Labute approximate surface area is 329 Å². The maximum absolute atomic E-state index is 12.4. The van der Waals surface area contributed by atoms with Crippen molar-refractivity contribution < 1.29 is 23.8 Å². The van der Waals surface area contributed by atoms with Crippen molar-refractivity contribution in [2.24, 2.45) is 5.92 Å². The largest absolute Gasteiger partial charge is 0.463 e. The molecule has 3 N–H and O–H groups in total. The van der Waals surface area contributed by atoms with E-state index in [2.05, 4.69) is 67.9 Å². The van der Waals surface area contributed by atoms with Crippen LogP contribution in [0.3, 0.4) is 0 Å². The normalized spacial score (nSPS) is 12.7. The first-order chi connectivity index (χ1) is 25.8. The fourth-order valence-corrected chi connectivity index (χ4v) is 5.67. The summed E-state index contributed by atoms with van der Waals surface area (Å²) in [6.45, 7) is 19.1. The first-order valence-electron chi connectivity index (χ1n) is 22.1. The molecule has 0 saturated carbocycles. The lowest BCUT2D eigenvalue weighted by atomic mass is 10.0. The summed E-state index contributed by atoms with van der Waals surface area (Å²) in [5, 5.41) is 10.2. The Bertz CT molecular complexity index is 820. The molecule has 0 bridgehead atoms. The molecule has 53 heavy (non-hydrogen) atoms. The number of carbonyl (C=O) groups excluding carboxylic acids is 2. The molecule has 0 aromatic rings. The van der Waals surface area contributed by atoms with Crippen LogP contribution in [0.5, 0.6) is 0 Å². The minimum Gasteiger partial charge on any atom is -0.463 e. The summed E-state index contributed by atoms with van der Waals surface area (Å²) in [6.07, 6.45) is 32.4. The number of rotatable bonds is 38. The Balaban J connectivity index is 0. The molecule has 8 heteroatoms. The third-order valence-corrected chi connectivity index (χ3v) is 9.07. The minimum atomic E-state index is -0.144. The van der Waals surface area contributed by atoms with Gasteiger partial charge in [-0.2, -0.15) is 0 Å². The van der Waals surface area contributed by atoms with E-state index in [0.29, 0.717) is 25.9 Å². The number of carbonyl (C=O) groups is 2. The predicted octanol–water partition coefficient (Wildman–Crippen LogP) is 10.6. The first-order valence-corrected chi connectivity index (χ1v) is 22.1. The highest BCUT2D eigenvalue weighted by molar-refractivity contribution is 5.69. The highest BCUT2D eigenvalue weighted by Gasteiger charge is 2.14. The Hall–Kier alpha value is -1.74. The van der Waals surface area contributed by atoms with Crippen LogP contribution in [-0.2, 0) is 23.8 Å². The van der Waals surface area contributed by atoms with Gasteiger partial charge in [-0.15, -0.1) is 0 Å². The molecule has 0 heterocycles. The van der Waals surface area contributed by atoms with Gasteiger partial charge in [0.05, 0.1) is 6.10 Å². The molecule has 0 aliphatic rings. The highest BCUT2D eigenvalue weighted by atomic mass is 16.5. The molecular formula is C45H89N3O5. The molecule has 8 nitrogen and oxygen atoms in total. The van der Waals surface area contributed by atoms with E-state index in [1.807, 2.05) is 20.9 Å². The monoisotopic (exact) mass is 752 g/mol. The fourth-order valence-electron chi connectivity index (χ4n) is 5.67. The van der Waals surface area contributed by atoms with Crippen LogP contribution in [0, 0.1) is 5.92 Å². The van der Waals surface area contributed by atoms with Gasteiger partial charge in [-0.1, -0.05) is 96.9 Å². The van der Waals surface area contributed by atoms with Crippen LogP contribution in [0.15, 0.2) is 24.3 Å². The fraction of sp³-hybridized carbons (Fsp3) is 0.867. The lowest BCUT2D eigenvalue weighted by Crippen LogP contribution is -2.20. The van der Waals surface area contributed by atoms with Crippen LogP contribution in [0.2, 0.25) is 0 Å². The second-order valence-electron chi connectivity index (χ2n) is 14.9. The van der Waals surface area contributed by atoms with Gasteiger partial charge in [-0.05, 0) is 143 Å². The van der Waals surface area contributed by atoms with E-state index in [4.69, 9.17) is 14.2 Å². The molecule has 0 rings (SSSR count). The molecule has 0 amide bonds. The van der Waals surface area contributed by atoms with E-state index in [9.17, 15) is 9.59 Å². The van der Waals surface area contributed by atoms with E-state index in [-0.39, 0.29) is 24.1 Å². The standard InChI is InChI=1S/C38H73N3O5.C7H16/c1-5-6-7-8-10-17-29-40-31-19-13-15-24-36(46-38(43)26-22-28-39-4)25-16-14-20-32-41-30-18-11-9-12-21-33-44-34-23-27-37(42)45-35(2)3;1-4-6-7(3)5-2/h8-11,35-36,39-41H,5-7,12-34H2,1-4H3;7H,4-6H2,1-3H3/b10-8-,11-9-;. The summed E-state index contributed by atoms with van der Waals surface area (Å²) in [5.74, 6) is 0.761. The molecular weight excluding hydrogens is 663 g/mol. The molecule has 0 aliphatic heterocycles. The summed E-state index contributed by atoms with van der Waals surface area (Å²) < 4.78 is 16.6. The van der Waals surface area contributed by atoms with Crippen molar-refractivity contribution in [1.82, 2.24) is 16.0 Å². The molecule has 0 spiro atoms. The van der Waals surface area contributed by atoms with Crippen molar-refractivity contribution in [3.63, 3.8) is 0 Å². The van der Waals surface area contributed by atoms with E-state index in [1.165, 1.54) is 51.4 Å². The third kappa shape index (κ3) is 46.3. The number of nitrogens with one attached hydrogen (secondary N) is 3. The topological polar surface area (TPSA) is 97.9 Å². The van der Waals surface area contributed by atoms with E-state index in [1.54, 1.807) is 0 Å². The van der Waals surface area contributed by atoms with Crippen LogP contribution in [-0.4, -0.2) is 77.1 Å². The Kier molecular flexibility index (Phi) is 45.0. The Morgan fingerprint density at radius 3 is 1.62 bits per heavy atom. The van der Waals surface area contributed by atoms with Gasteiger partial charge in [0, 0.05) is 26.1 Å². The molecule has 0 aromatic carbocycles. The van der Waals surface area contributed by atoms with Gasteiger partial charge >= 0.3 is 11.9 Å². The number of unbranched alkanes of at least 4 members (excludes halogenated alkanes) is 7. The van der Waals surface area contributed by atoms with Crippen LogP contribution in [0.1, 0.15) is 183 Å². The first kappa shape index (κ1) is 53.4. The third-order valence-electron chi connectivity index (χ3n) is 9.07. The molecule has 0 aliphatic carbocycles.